The van der Waals surface area contributed by atoms with E-state index in [0.717, 1.165) is 23.9 Å². The van der Waals surface area contributed by atoms with E-state index < -0.39 is 3.79 Å². The quantitative estimate of drug-likeness (QED) is 0.647. The zero-order valence-electron chi connectivity index (χ0n) is 10.5. The van der Waals surface area contributed by atoms with E-state index in [-0.39, 0.29) is 0 Å². The Labute approximate surface area is 127 Å². The summed E-state index contributed by atoms with van der Waals surface area (Å²) in [5, 5.41) is 0. The molecule has 2 aromatic rings. The molecule has 1 aliphatic carbocycles. The molecular formula is C14H15Cl3N2. The van der Waals surface area contributed by atoms with E-state index >= 15 is 0 Å². The summed E-state index contributed by atoms with van der Waals surface area (Å²) in [6.45, 7) is 0. The van der Waals surface area contributed by atoms with Gasteiger partial charge in [-0.15, -0.1) is 0 Å². The highest BCUT2D eigenvalue weighted by atomic mass is 35.6. The van der Waals surface area contributed by atoms with Gasteiger partial charge in [0.25, 0.3) is 0 Å². The summed E-state index contributed by atoms with van der Waals surface area (Å²) in [6, 6.07) is 8.38. The van der Waals surface area contributed by atoms with Crippen molar-refractivity contribution in [3.8, 4) is 0 Å². The third-order valence-corrected chi connectivity index (χ3v) is 4.30. The molecule has 2 nitrogen and oxygen atoms in total. The molecule has 0 atom stereocenters. The van der Waals surface area contributed by atoms with Crippen LogP contribution in [0.1, 0.15) is 44.0 Å². The highest BCUT2D eigenvalue weighted by molar-refractivity contribution is 6.66. The molecule has 1 aromatic carbocycles. The monoisotopic (exact) mass is 316 g/mol. The fraction of sp³-hybridized carbons (Fsp3) is 0.500. The summed E-state index contributed by atoms with van der Waals surface area (Å²) >= 11 is 18.3. The van der Waals surface area contributed by atoms with Gasteiger partial charge in [0.2, 0.25) is 3.79 Å². The summed E-state index contributed by atoms with van der Waals surface area (Å²) in [6.07, 6.45) is 6.03. The molecule has 0 spiro atoms. The lowest BCUT2D eigenvalue weighted by atomic mass is 9.95. The normalized spacial score (nSPS) is 18.1. The lowest BCUT2D eigenvalue weighted by Gasteiger charge is -2.27. The van der Waals surface area contributed by atoms with Crippen LogP contribution in [0.25, 0.3) is 11.0 Å². The van der Waals surface area contributed by atoms with Crippen molar-refractivity contribution in [2.45, 2.75) is 41.9 Å². The van der Waals surface area contributed by atoms with Crippen molar-refractivity contribution >= 4 is 45.8 Å². The number of fused-ring (bicyclic) bond motifs is 1. The van der Waals surface area contributed by atoms with Gasteiger partial charge in [-0.05, 0) is 25.0 Å². The maximum absolute atomic E-state index is 6.10. The van der Waals surface area contributed by atoms with E-state index in [4.69, 9.17) is 34.8 Å². The Morgan fingerprint density at radius 3 is 2.42 bits per heavy atom. The van der Waals surface area contributed by atoms with Crippen LogP contribution >= 0.6 is 34.8 Å². The van der Waals surface area contributed by atoms with Crippen LogP contribution in [0, 0.1) is 0 Å². The topological polar surface area (TPSA) is 17.8 Å². The minimum Gasteiger partial charge on any atom is -0.321 e. The zero-order valence-corrected chi connectivity index (χ0v) is 12.7. The number of alkyl halides is 3. The first-order valence-electron chi connectivity index (χ1n) is 6.61. The van der Waals surface area contributed by atoms with Gasteiger partial charge in [-0.3, -0.25) is 0 Å². The second-order valence-corrected chi connectivity index (χ2v) is 7.36. The number of rotatable bonds is 1. The first-order chi connectivity index (χ1) is 9.07. The molecular weight excluding hydrogens is 303 g/mol. The van der Waals surface area contributed by atoms with Crippen molar-refractivity contribution in [2.75, 3.05) is 0 Å². The molecule has 3 rings (SSSR count). The number of halogens is 3. The van der Waals surface area contributed by atoms with Gasteiger partial charge in [0, 0.05) is 6.04 Å². The van der Waals surface area contributed by atoms with Gasteiger partial charge in [-0.2, -0.15) is 0 Å². The fourth-order valence-corrected chi connectivity index (χ4v) is 3.35. The van der Waals surface area contributed by atoms with Crippen molar-refractivity contribution in [1.82, 2.24) is 9.55 Å². The fourth-order valence-electron chi connectivity index (χ4n) is 2.95. The molecule has 1 saturated carbocycles. The molecule has 0 unspecified atom stereocenters. The molecule has 1 aliphatic rings. The minimum absolute atomic E-state index is 0.395. The van der Waals surface area contributed by atoms with Crippen LogP contribution in [-0.2, 0) is 3.79 Å². The van der Waals surface area contributed by atoms with Crippen LogP contribution in [0.15, 0.2) is 24.3 Å². The number of hydrogen-bond donors (Lipinski definition) is 0. The maximum atomic E-state index is 6.10. The van der Waals surface area contributed by atoms with Gasteiger partial charge in [-0.25, -0.2) is 4.98 Å². The Bertz CT molecular complexity index is 580. The molecule has 0 radical (unpaired) electrons. The van der Waals surface area contributed by atoms with Gasteiger partial charge < -0.3 is 4.57 Å². The molecule has 0 amide bonds. The highest BCUT2D eigenvalue weighted by Gasteiger charge is 2.33. The molecule has 0 saturated heterocycles. The van der Waals surface area contributed by atoms with Crippen LogP contribution in [0.2, 0.25) is 0 Å². The van der Waals surface area contributed by atoms with Crippen LogP contribution < -0.4 is 0 Å². The van der Waals surface area contributed by atoms with Gasteiger partial charge in [-0.1, -0.05) is 66.2 Å². The summed E-state index contributed by atoms with van der Waals surface area (Å²) in [7, 11) is 0. The molecule has 0 N–H and O–H groups in total. The van der Waals surface area contributed by atoms with Gasteiger partial charge in [0.05, 0.1) is 11.0 Å². The lowest BCUT2D eigenvalue weighted by Crippen LogP contribution is -2.19. The summed E-state index contributed by atoms with van der Waals surface area (Å²) in [5.74, 6) is 0.547. The summed E-state index contributed by atoms with van der Waals surface area (Å²) < 4.78 is 0.665. The average molecular weight is 318 g/mol. The standard InChI is InChI=1S/C14H15Cl3N2/c15-14(16,17)13-18-11-8-4-5-9-12(11)19(13)10-6-2-1-3-7-10/h4-5,8-10H,1-3,6-7H2. The maximum Gasteiger partial charge on any atom is 0.248 e. The Kier molecular flexibility index (Phi) is 3.67. The van der Waals surface area contributed by atoms with E-state index in [2.05, 4.69) is 15.6 Å². The summed E-state index contributed by atoms with van der Waals surface area (Å²) in [5.41, 5.74) is 1.96. The molecule has 102 valence electrons. The Morgan fingerprint density at radius 2 is 1.74 bits per heavy atom. The Balaban J connectivity index is 2.18. The van der Waals surface area contributed by atoms with Crippen LogP contribution in [0.4, 0.5) is 0 Å². The number of para-hydroxylation sites is 2. The largest absolute Gasteiger partial charge is 0.321 e. The molecule has 19 heavy (non-hydrogen) atoms. The summed E-state index contributed by atoms with van der Waals surface area (Å²) in [4.78, 5) is 4.53. The van der Waals surface area contributed by atoms with Crippen LogP contribution in [0.5, 0.6) is 0 Å². The van der Waals surface area contributed by atoms with Gasteiger partial charge in [0.15, 0.2) is 5.82 Å². The predicted octanol–water partition coefficient (Wildman–Crippen LogP) is 5.37. The third kappa shape index (κ3) is 2.58. The first-order valence-corrected chi connectivity index (χ1v) is 7.75. The first kappa shape index (κ1) is 13.5. The number of imidazole rings is 1. The number of benzene rings is 1. The SMILES string of the molecule is ClC(Cl)(Cl)c1nc2ccccc2n1C1CCCCC1. The van der Waals surface area contributed by atoms with Gasteiger partial charge in [0.1, 0.15) is 0 Å². The minimum atomic E-state index is -1.48. The van der Waals surface area contributed by atoms with E-state index in [0.29, 0.717) is 11.9 Å². The zero-order chi connectivity index (χ0) is 13.5. The van der Waals surface area contributed by atoms with E-state index in [9.17, 15) is 0 Å². The second kappa shape index (κ2) is 5.16. The van der Waals surface area contributed by atoms with Crippen molar-refractivity contribution in [1.29, 1.82) is 0 Å². The van der Waals surface area contributed by atoms with Crippen molar-refractivity contribution in [3.63, 3.8) is 0 Å². The molecule has 0 bridgehead atoms. The number of nitrogens with zero attached hydrogens (tertiary/aromatic N) is 2. The molecule has 1 aromatic heterocycles. The average Bonchev–Trinajstić information content (AvgIpc) is 2.79. The van der Waals surface area contributed by atoms with Crippen LogP contribution in [-0.4, -0.2) is 9.55 Å². The Morgan fingerprint density at radius 1 is 1.05 bits per heavy atom. The van der Waals surface area contributed by atoms with E-state index in [1.165, 1.54) is 19.3 Å². The number of hydrogen-bond acceptors (Lipinski definition) is 1. The van der Waals surface area contributed by atoms with Crippen molar-refractivity contribution in [3.05, 3.63) is 30.1 Å². The molecule has 0 aliphatic heterocycles. The van der Waals surface area contributed by atoms with Gasteiger partial charge >= 0.3 is 0 Å². The Hall–Kier alpha value is -0.440. The van der Waals surface area contributed by atoms with Crippen LogP contribution in [0.3, 0.4) is 0 Å². The number of aromatic nitrogens is 2. The third-order valence-electron chi connectivity index (χ3n) is 3.79. The molecule has 1 heterocycles. The lowest BCUT2D eigenvalue weighted by molar-refractivity contribution is 0.353. The van der Waals surface area contributed by atoms with E-state index in [1.807, 2.05) is 18.2 Å². The molecule has 5 heteroatoms. The van der Waals surface area contributed by atoms with E-state index in [1.54, 1.807) is 0 Å². The predicted molar refractivity (Wildman–Crippen MR) is 81.1 cm³/mol. The van der Waals surface area contributed by atoms with Crippen molar-refractivity contribution < 1.29 is 0 Å². The smallest absolute Gasteiger partial charge is 0.248 e. The molecule has 1 fully saturated rings. The van der Waals surface area contributed by atoms with Crippen molar-refractivity contribution in [2.24, 2.45) is 0 Å². The second-order valence-electron chi connectivity index (χ2n) is 5.08. The highest BCUT2D eigenvalue weighted by Crippen LogP contribution is 2.42.